The van der Waals surface area contributed by atoms with E-state index in [4.69, 9.17) is 10.8 Å². The summed E-state index contributed by atoms with van der Waals surface area (Å²) in [6, 6.07) is 3.79. The fraction of sp³-hybridized carbons (Fsp3) is 0.604. The Morgan fingerprint density at radius 3 is 2.44 bits per heavy atom. The van der Waals surface area contributed by atoms with Crippen molar-refractivity contribution in [1.82, 2.24) is 40.0 Å². The number of halogens is 2. The van der Waals surface area contributed by atoms with E-state index >= 15 is 0 Å². The number of likely N-dealkylation sites (tertiary alicyclic amines) is 1. The molecule has 2 fully saturated rings. The molecule has 0 bridgehead atoms. The van der Waals surface area contributed by atoms with E-state index < -0.39 is 6.43 Å². The van der Waals surface area contributed by atoms with Crippen molar-refractivity contribution in [3.63, 3.8) is 0 Å². The predicted octanol–water partition coefficient (Wildman–Crippen LogP) is 7.22. The zero-order valence-corrected chi connectivity index (χ0v) is 38.5. The summed E-state index contributed by atoms with van der Waals surface area (Å²) in [5.74, 6) is 0.925. The van der Waals surface area contributed by atoms with Gasteiger partial charge in [0.25, 0.3) is 12.3 Å². The number of carbonyl (C=O) groups excluding carboxylic acids is 2. The Morgan fingerprint density at radius 1 is 1.06 bits per heavy atom. The average Bonchev–Trinajstić information content (AvgIpc) is 3.86. The maximum absolute atomic E-state index is 14.8. The molecule has 1 aliphatic carbocycles. The monoisotopic (exact) mass is 870 g/mol. The van der Waals surface area contributed by atoms with Crippen LogP contribution in [0.25, 0.3) is 11.1 Å². The molecule has 3 aliphatic heterocycles. The summed E-state index contributed by atoms with van der Waals surface area (Å²) in [6.45, 7) is 19.5. The molecule has 4 aliphatic rings. The highest BCUT2D eigenvalue weighted by Gasteiger charge is 2.53. The van der Waals surface area contributed by atoms with Gasteiger partial charge < -0.3 is 31.1 Å². The minimum Gasteiger partial charge on any atom is -0.390 e. The van der Waals surface area contributed by atoms with Crippen molar-refractivity contribution < 1.29 is 18.4 Å². The van der Waals surface area contributed by atoms with Crippen molar-refractivity contribution in [3.05, 3.63) is 71.0 Å². The molecule has 342 valence electrons. The van der Waals surface area contributed by atoms with Crippen LogP contribution in [-0.4, -0.2) is 99.7 Å². The summed E-state index contributed by atoms with van der Waals surface area (Å²) in [7, 11) is 3.45. The number of nitrogens with one attached hydrogen (secondary N) is 2. The molecule has 4 N–H and O–H groups in total. The number of aromatic nitrogens is 4. The number of amides is 2. The van der Waals surface area contributed by atoms with Gasteiger partial charge in [0.2, 0.25) is 5.91 Å². The highest BCUT2D eigenvalue weighted by molar-refractivity contribution is 6.12. The summed E-state index contributed by atoms with van der Waals surface area (Å²) >= 11 is 0. The molecule has 63 heavy (non-hydrogen) atoms. The van der Waals surface area contributed by atoms with E-state index in [2.05, 4.69) is 69.5 Å². The van der Waals surface area contributed by atoms with E-state index in [9.17, 15) is 18.4 Å². The van der Waals surface area contributed by atoms with Crippen LogP contribution in [0.2, 0.25) is 0 Å². The maximum Gasteiger partial charge on any atom is 0.264 e. The van der Waals surface area contributed by atoms with Crippen LogP contribution < -0.4 is 21.3 Å². The number of aliphatic imine (C=N–C) groups is 1. The highest BCUT2D eigenvalue weighted by atomic mass is 19.3. The zero-order chi connectivity index (χ0) is 45.2. The Kier molecular flexibility index (Phi) is 13.8. The van der Waals surface area contributed by atoms with Crippen molar-refractivity contribution in [2.45, 2.75) is 117 Å². The smallest absolute Gasteiger partial charge is 0.264 e. The van der Waals surface area contributed by atoms with E-state index in [-0.39, 0.29) is 46.2 Å². The number of rotatable bonds is 16. The molecule has 1 aromatic carbocycles. The number of piperidine rings is 1. The van der Waals surface area contributed by atoms with Crippen LogP contribution in [-0.2, 0) is 36.0 Å². The second-order valence-electron chi connectivity index (χ2n) is 19.7. The van der Waals surface area contributed by atoms with Gasteiger partial charge in [0.15, 0.2) is 5.82 Å². The number of benzene rings is 1. The zero-order valence-electron chi connectivity index (χ0n) is 38.5. The molecular weight excluding hydrogens is 801 g/mol. The molecule has 1 saturated heterocycles. The van der Waals surface area contributed by atoms with Gasteiger partial charge in [-0.05, 0) is 98.4 Å². The van der Waals surface area contributed by atoms with E-state index in [1.807, 2.05) is 17.9 Å². The van der Waals surface area contributed by atoms with Crippen molar-refractivity contribution >= 4 is 29.5 Å². The normalized spacial score (nSPS) is 19.5. The molecule has 1 unspecified atom stereocenters. The van der Waals surface area contributed by atoms with E-state index in [1.54, 1.807) is 49.7 Å². The lowest BCUT2D eigenvalue weighted by atomic mass is 9.52. The molecule has 15 heteroatoms. The molecule has 1 atom stereocenters. The van der Waals surface area contributed by atoms with Crippen molar-refractivity contribution in [1.29, 1.82) is 0 Å². The van der Waals surface area contributed by atoms with Gasteiger partial charge in [-0.25, -0.2) is 8.78 Å². The van der Waals surface area contributed by atoms with Gasteiger partial charge in [0.1, 0.15) is 0 Å². The van der Waals surface area contributed by atoms with Crippen LogP contribution in [0.4, 0.5) is 20.3 Å². The number of allylic oxidation sites excluding steroid dienone is 1. The molecule has 2 amide bonds. The van der Waals surface area contributed by atoms with Crippen LogP contribution in [0.1, 0.15) is 114 Å². The third-order valence-corrected chi connectivity index (χ3v) is 13.9. The first-order valence-corrected chi connectivity index (χ1v) is 22.9. The van der Waals surface area contributed by atoms with Gasteiger partial charge in [-0.15, -0.1) is 0 Å². The number of fused-ring (bicyclic) bond motifs is 2. The Hall–Kier alpha value is -5.05. The van der Waals surface area contributed by atoms with Gasteiger partial charge in [-0.3, -0.25) is 23.9 Å². The second-order valence-corrected chi connectivity index (χ2v) is 19.7. The van der Waals surface area contributed by atoms with E-state index in [0.29, 0.717) is 62.4 Å². The summed E-state index contributed by atoms with van der Waals surface area (Å²) in [4.78, 5) is 37.6. The Bertz CT molecular complexity index is 2200. The number of hydrogen-bond acceptors (Lipinski definition) is 9. The number of alkyl halides is 2. The fourth-order valence-corrected chi connectivity index (χ4v) is 11.1. The predicted molar refractivity (Wildman–Crippen MR) is 246 cm³/mol. The van der Waals surface area contributed by atoms with Crippen LogP contribution in [0.3, 0.4) is 0 Å². The third-order valence-electron chi connectivity index (χ3n) is 13.9. The van der Waals surface area contributed by atoms with Crippen molar-refractivity contribution in [3.8, 4) is 11.1 Å². The van der Waals surface area contributed by atoms with Gasteiger partial charge >= 0.3 is 0 Å². The van der Waals surface area contributed by atoms with Crippen molar-refractivity contribution in [2.24, 2.45) is 34.5 Å². The third kappa shape index (κ3) is 9.88. The average molecular weight is 870 g/mol. The lowest BCUT2D eigenvalue weighted by molar-refractivity contribution is -0.133. The number of anilines is 2. The van der Waals surface area contributed by atoms with E-state index in [0.717, 1.165) is 86.2 Å². The highest BCUT2D eigenvalue weighted by Crippen LogP contribution is 2.53. The Morgan fingerprint density at radius 2 is 1.81 bits per heavy atom. The van der Waals surface area contributed by atoms with Crippen LogP contribution in [0, 0.1) is 16.7 Å². The Labute approximate surface area is 372 Å². The van der Waals surface area contributed by atoms with Gasteiger partial charge in [0.05, 0.1) is 17.8 Å². The molecule has 7 rings (SSSR count). The van der Waals surface area contributed by atoms with E-state index in [1.165, 1.54) is 5.69 Å². The quantitative estimate of drug-likeness (QED) is 0.0779. The maximum atomic E-state index is 14.8. The number of carbonyl (C=O) groups is 2. The van der Waals surface area contributed by atoms with Gasteiger partial charge in [-0.1, -0.05) is 34.3 Å². The Balaban J connectivity index is 1.02. The summed E-state index contributed by atoms with van der Waals surface area (Å²) in [6.07, 6.45) is 11.0. The van der Waals surface area contributed by atoms with Crippen molar-refractivity contribution in [2.75, 3.05) is 51.2 Å². The minimum atomic E-state index is -2.65. The van der Waals surface area contributed by atoms with Gasteiger partial charge in [-0.2, -0.15) is 10.2 Å². The topological polar surface area (TPSA) is 142 Å². The summed E-state index contributed by atoms with van der Waals surface area (Å²) < 4.78 is 33.4. The molecule has 5 heterocycles. The number of aryl methyl sites for hydroxylation is 2. The molecule has 0 radical (unpaired) electrons. The molecule has 0 spiro atoms. The molecule has 2 aromatic heterocycles. The first-order valence-electron chi connectivity index (χ1n) is 22.9. The van der Waals surface area contributed by atoms with Gasteiger partial charge in [0, 0.05) is 125 Å². The number of nitrogens with two attached hydrogens (primary N) is 1. The molecule has 3 aromatic rings. The molecule has 13 nitrogen and oxygen atoms in total. The first-order chi connectivity index (χ1) is 30.0. The van der Waals surface area contributed by atoms with Crippen LogP contribution in [0.5, 0.6) is 0 Å². The SMILES string of the molecule is C=C(C)N1CCc2c(c(N3CCCc4cc(-c5cnn(C)c5)c(C(F)F)cc43)nn2C2CCN(C(=O)CC(CCN)CCN/C=C(\C=NC)C(=O)NC3C(C)(C)CC3(C)C)CC2)C1. The molecule has 1 saturated carbocycles. The standard InChI is InChI=1S/C48H69F2N11O2/c1-31(2)59-21-15-40-39(29-59)44(60-18-9-10-33-23-37(35-27-54-57(8)28-35)38(43(49)50)24-41(33)60)56-61(40)36-13-19-58(20-14-36)42(62)22-32(11-16-51)12-17-53-26-34(25-52-7)45(63)55-46-47(3,4)30-48(46,5)6/h23-28,32,36,43,46,53H,1,9-22,29-30,51H2,2-8H3,(H,55,63)/b34-26+,52-25?. The minimum absolute atomic E-state index is 0.00235. The molecular formula is C48H69F2N11O2. The fourth-order valence-electron chi connectivity index (χ4n) is 11.1. The lowest BCUT2D eigenvalue weighted by Crippen LogP contribution is -2.63. The first kappa shape index (κ1) is 46.0. The second kappa shape index (κ2) is 19.0. The number of nitrogens with zero attached hydrogens (tertiary/aromatic N) is 8. The largest absolute Gasteiger partial charge is 0.390 e. The summed E-state index contributed by atoms with van der Waals surface area (Å²) in [5.41, 5.74) is 12.9. The lowest BCUT2D eigenvalue weighted by Gasteiger charge is -2.57. The van der Waals surface area contributed by atoms with Crippen LogP contribution >= 0.6 is 0 Å². The number of hydrogen-bond donors (Lipinski definition) is 3. The summed E-state index contributed by atoms with van der Waals surface area (Å²) in [5, 5.41) is 16.2. The van der Waals surface area contributed by atoms with Crippen LogP contribution in [0.15, 0.2) is 53.6 Å².